The molecule has 1 N–H and O–H groups in total. The van der Waals surface area contributed by atoms with Crippen LogP contribution in [0.25, 0.3) is 0 Å². The average molecular weight is 343 g/mol. The van der Waals surface area contributed by atoms with Crippen LogP contribution in [0.1, 0.15) is 19.8 Å². The number of halogens is 1. The van der Waals surface area contributed by atoms with E-state index in [1.54, 1.807) is 11.9 Å². The van der Waals surface area contributed by atoms with Gasteiger partial charge in [-0.05, 0) is 31.7 Å². The molecule has 0 saturated heterocycles. The summed E-state index contributed by atoms with van der Waals surface area (Å²) in [6.07, 6.45) is 2.18. The number of nitrogens with zero attached hydrogens (tertiary/aromatic N) is 1. The predicted molar refractivity (Wildman–Crippen MR) is 86.1 cm³/mol. The Hall–Kier alpha value is -0.910. The zero-order chi connectivity index (χ0) is 14.8. The van der Waals surface area contributed by atoms with Crippen molar-refractivity contribution in [1.82, 2.24) is 5.32 Å². The molecular weight excluding hydrogens is 320 g/mol. The number of carbonyl (C=O) groups is 1. The van der Waals surface area contributed by atoms with E-state index < -0.39 is 0 Å². The van der Waals surface area contributed by atoms with Gasteiger partial charge in [-0.2, -0.15) is 0 Å². The minimum Gasteiger partial charge on any atom is -0.380 e. The lowest BCUT2D eigenvalue weighted by atomic mass is 10.3. The zero-order valence-electron chi connectivity index (χ0n) is 12.2. The molecule has 0 fully saturated rings. The lowest BCUT2D eigenvalue weighted by molar-refractivity contribution is -0.117. The molecule has 0 aliphatic heterocycles. The van der Waals surface area contributed by atoms with Gasteiger partial charge in [-0.1, -0.05) is 35.3 Å². The van der Waals surface area contributed by atoms with Crippen molar-refractivity contribution in [3.05, 3.63) is 28.7 Å². The molecule has 0 spiro atoms. The van der Waals surface area contributed by atoms with Crippen LogP contribution in [-0.4, -0.2) is 39.3 Å². The third-order valence-corrected chi connectivity index (χ3v) is 3.34. The SMILES string of the molecule is CCCCOCCN(C(=O)CNC)c1cccc(Br)c1. The fraction of sp³-hybridized carbons (Fsp3) is 0.533. The van der Waals surface area contributed by atoms with Gasteiger partial charge < -0.3 is 15.0 Å². The van der Waals surface area contributed by atoms with Crippen LogP contribution in [0.3, 0.4) is 0 Å². The van der Waals surface area contributed by atoms with Gasteiger partial charge in [-0.15, -0.1) is 0 Å². The summed E-state index contributed by atoms with van der Waals surface area (Å²) in [5.41, 5.74) is 0.888. The topological polar surface area (TPSA) is 41.6 Å². The molecule has 5 heteroatoms. The first-order chi connectivity index (χ1) is 9.69. The van der Waals surface area contributed by atoms with Crippen LogP contribution in [-0.2, 0) is 9.53 Å². The average Bonchev–Trinajstić information content (AvgIpc) is 2.43. The highest BCUT2D eigenvalue weighted by atomic mass is 79.9. The van der Waals surface area contributed by atoms with Crippen LogP contribution in [0, 0.1) is 0 Å². The van der Waals surface area contributed by atoms with E-state index in [9.17, 15) is 4.79 Å². The van der Waals surface area contributed by atoms with Crippen molar-refractivity contribution in [2.45, 2.75) is 19.8 Å². The minimum atomic E-state index is 0.0460. The molecule has 0 bridgehead atoms. The molecule has 0 heterocycles. The van der Waals surface area contributed by atoms with Crippen LogP contribution in [0.5, 0.6) is 0 Å². The van der Waals surface area contributed by atoms with Crippen LogP contribution >= 0.6 is 15.9 Å². The summed E-state index contributed by atoms with van der Waals surface area (Å²) >= 11 is 3.44. The van der Waals surface area contributed by atoms with E-state index in [4.69, 9.17) is 4.74 Å². The maximum Gasteiger partial charge on any atom is 0.241 e. The summed E-state index contributed by atoms with van der Waals surface area (Å²) in [6, 6.07) is 7.75. The Labute approximate surface area is 129 Å². The highest BCUT2D eigenvalue weighted by Gasteiger charge is 2.14. The Morgan fingerprint density at radius 1 is 1.40 bits per heavy atom. The molecule has 112 valence electrons. The van der Waals surface area contributed by atoms with E-state index in [0.717, 1.165) is 29.6 Å². The van der Waals surface area contributed by atoms with Crippen LogP contribution < -0.4 is 10.2 Å². The lowest BCUT2D eigenvalue weighted by Crippen LogP contribution is -2.39. The van der Waals surface area contributed by atoms with Gasteiger partial charge in [0.1, 0.15) is 0 Å². The second kappa shape index (κ2) is 9.91. The molecular formula is C15H23BrN2O2. The normalized spacial score (nSPS) is 10.6. The van der Waals surface area contributed by atoms with Gasteiger partial charge in [-0.3, -0.25) is 4.79 Å². The van der Waals surface area contributed by atoms with Crippen molar-refractivity contribution in [2.75, 3.05) is 38.3 Å². The molecule has 0 aromatic heterocycles. The number of amides is 1. The predicted octanol–water partition coefficient (Wildman–Crippen LogP) is 2.82. The summed E-state index contributed by atoms with van der Waals surface area (Å²) in [4.78, 5) is 13.9. The molecule has 4 nitrogen and oxygen atoms in total. The first-order valence-electron chi connectivity index (χ1n) is 6.97. The van der Waals surface area contributed by atoms with Gasteiger partial charge in [-0.25, -0.2) is 0 Å². The highest BCUT2D eigenvalue weighted by molar-refractivity contribution is 9.10. The second-order valence-electron chi connectivity index (χ2n) is 4.52. The lowest BCUT2D eigenvalue weighted by Gasteiger charge is -2.23. The quantitative estimate of drug-likeness (QED) is 0.701. The summed E-state index contributed by atoms with van der Waals surface area (Å²) in [5, 5.41) is 2.90. The number of carbonyl (C=O) groups excluding carboxylic acids is 1. The standard InChI is InChI=1S/C15H23BrN2O2/c1-3-4-9-20-10-8-18(15(19)12-17-2)14-7-5-6-13(16)11-14/h5-7,11,17H,3-4,8-10,12H2,1-2H3. The van der Waals surface area contributed by atoms with Crippen LogP contribution in [0.4, 0.5) is 5.69 Å². The number of benzene rings is 1. The molecule has 1 amide bonds. The van der Waals surface area contributed by atoms with Crippen molar-refractivity contribution in [2.24, 2.45) is 0 Å². The number of ether oxygens (including phenoxy) is 1. The van der Waals surface area contributed by atoms with Crippen molar-refractivity contribution < 1.29 is 9.53 Å². The van der Waals surface area contributed by atoms with E-state index in [-0.39, 0.29) is 5.91 Å². The van der Waals surface area contributed by atoms with E-state index in [2.05, 4.69) is 28.2 Å². The molecule has 0 atom stereocenters. The molecule has 1 aromatic carbocycles. The summed E-state index contributed by atoms with van der Waals surface area (Å²) < 4.78 is 6.52. The molecule has 1 rings (SSSR count). The number of anilines is 1. The molecule has 0 radical (unpaired) electrons. The molecule has 20 heavy (non-hydrogen) atoms. The van der Waals surface area contributed by atoms with E-state index in [1.165, 1.54) is 0 Å². The monoisotopic (exact) mass is 342 g/mol. The Morgan fingerprint density at radius 3 is 2.85 bits per heavy atom. The number of unbranched alkanes of at least 4 members (excludes halogenated alkanes) is 1. The first kappa shape index (κ1) is 17.1. The third-order valence-electron chi connectivity index (χ3n) is 2.85. The van der Waals surface area contributed by atoms with E-state index in [0.29, 0.717) is 19.7 Å². The largest absolute Gasteiger partial charge is 0.380 e. The fourth-order valence-electron chi connectivity index (χ4n) is 1.79. The minimum absolute atomic E-state index is 0.0460. The molecule has 0 unspecified atom stereocenters. The van der Waals surface area contributed by atoms with Gasteiger partial charge in [0.25, 0.3) is 0 Å². The van der Waals surface area contributed by atoms with Gasteiger partial charge in [0.15, 0.2) is 0 Å². The molecule has 0 aliphatic carbocycles. The summed E-state index contributed by atoms with van der Waals surface area (Å²) in [5.74, 6) is 0.0460. The Bertz CT molecular complexity index is 413. The molecule has 0 aliphatic rings. The fourth-order valence-corrected chi connectivity index (χ4v) is 2.18. The molecule has 1 aromatic rings. The van der Waals surface area contributed by atoms with Gasteiger partial charge in [0.2, 0.25) is 5.91 Å². The van der Waals surface area contributed by atoms with Crippen molar-refractivity contribution >= 4 is 27.5 Å². The highest BCUT2D eigenvalue weighted by Crippen LogP contribution is 2.20. The van der Waals surface area contributed by atoms with E-state index in [1.807, 2.05) is 24.3 Å². The summed E-state index contributed by atoms with van der Waals surface area (Å²) in [7, 11) is 1.77. The Morgan fingerprint density at radius 2 is 2.20 bits per heavy atom. The van der Waals surface area contributed by atoms with Crippen LogP contribution in [0.15, 0.2) is 28.7 Å². The maximum absolute atomic E-state index is 12.2. The Kier molecular flexibility index (Phi) is 8.49. The van der Waals surface area contributed by atoms with Gasteiger partial charge in [0, 0.05) is 23.3 Å². The second-order valence-corrected chi connectivity index (χ2v) is 5.44. The van der Waals surface area contributed by atoms with Gasteiger partial charge >= 0.3 is 0 Å². The van der Waals surface area contributed by atoms with Gasteiger partial charge in [0.05, 0.1) is 13.2 Å². The number of hydrogen-bond donors (Lipinski definition) is 1. The number of rotatable bonds is 9. The third kappa shape index (κ3) is 6.03. The number of nitrogens with one attached hydrogen (secondary N) is 1. The zero-order valence-corrected chi connectivity index (χ0v) is 13.8. The van der Waals surface area contributed by atoms with Crippen molar-refractivity contribution in [3.63, 3.8) is 0 Å². The van der Waals surface area contributed by atoms with Crippen LogP contribution in [0.2, 0.25) is 0 Å². The van der Waals surface area contributed by atoms with Crippen molar-refractivity contribution in [1.29, 1.82) is 0 Å². The maximum atomic E-state index is 12.2. The smallest absolute Gasteiger partial charge is 0.241 e. The number of likely N-dealkylation sites (N-methyl/N-ethyl adjacent to an activating group) is 1. The van der Waals surface area contributed by atoms with Crippen molar-refractivity contribution in [3.8, 4) is 0 Å². The van der Waals surface area contributed by atoms with E-state index >= 15 is 0 Å². The summed E-state index contributed by atoms with van der Waals surface area (Å²) in [6.45, 7) is 4.33. The first-order valence-corrected chi connectivity index (χ1v) is 7.76. The Balaban J connectivity index is 2.63. The number of hydrogen-bond acceptors (Lipinski definition) is 3. The molecule has 0 saturated carbocycles.